The summed E-state index contributed by atoms with van der Waals surface area (Å²) >= 11 is 1.01. The van der Waals surface area contributed by atoms with Crippen LogP contribution in [0.5, 0.6) is 5.75 Å². The fraction of sp³-hybridized carbons (Fsp3) is 0.100. The Morgan fingerprint density at radius 1 is 1.14 bits per heavy atom. The van der Waals surface area contributed by atoms with Crippen molar-refractivity contribution in [2.75, 3.05) is 7.11 Å². The third-order valence-corrected chi connectivity index (χ3v) is 4.50. The third kappa shape index (κ3) is 5.31. The Hall–Kier alpha value is -3.39. The summed E-state index contributed by atoms with van der Waals surface area (Å²) < 4.78 is 10.4. The van der Waals surface area contributed by atoms with Crippen LogP contribution in [0.2, 0.25) is 0 Å². The number of thioether (sulfide) groups is 1. The minimum absolute atomic E-state index is 0.201. The quantitative estimate of drug-likeness (QED) is 0.352. The molecule has 7 nitrogen and oxygen atoms in total. The van der Waals surface area contributed by atoms with Crippen molar-refractivity contribution in [2.24, 2.45) is 10.2 Å². The Balaban J connectivity index is 1.66. The highest BCUT2D eigenvalue weighted by molar-refractivity contribution is 8.18. The number of para-hydroxylation sites is 1. The molecule has 1 heterocycles. The number of benzene rings is 2. The highest BCUT2D eigenvalue weighted by atomic mass is 32.2. The van der Waals surface area contributed by atoms with E-state index in [0.29, 0.717) is 12.4 Å². The van der Waals surface area contributed by atoms with Crippen LogP contribution < -0.4 is 10.1 Å². The normalized spacial score (nSPS) is 16.5. The monoisotopic (exact) mass is 395 g/mol. The lowest BCUT2D eigenvalue weighted by atomic mass is 10.2. The molecule has 1 aliphatic heterocycles. The zero-order valence-corrected chi connectivity index (χ0v) is 15.8. The molecule has 0 radical (unpaired) electrons. The number of esters is 1. The minimum atomic E-state index is -0.605. The number of nitrogens with zero attached hydrogens (tertiary/aromatic N) is 2. The molecule has 0 aliphatic carbocycles. The van der Waals surface area contributed by atoms with Crippen LogP contribution in [0.4, 0.5) is 0 Å². The zero-order valence-electron chi connectivity index (χ0n) is 15.0. The molecule has 0 bridgehead atoms. The van der Waals surface area contributed by atoms with Gasteiger partial charge in [0.25, 0.3) is 5.91 Å². The Morgan fingerprint density at radius 3 is 2.68 bits per heavy atom. The molecular formula is C20H17N3O4S. The standard InChI is InChI=1S/C20H17N3O4S/c1-26-18(24)11-17-19(25)22-20(28-17)23-21-12-15-9-5-6-10-16(15)27-13-14-7-3-2-4-8-14/h2-12H,13H2,1H3,(H,22,23,25)/b17-11-,21-12+. The molecule has 2 aromatic carbocycles. The lowest BCUT2D eigenvalue weighted by Crippen LogP contribution is -2.19. The van der Waals surface area contributed by atoms with E-state index in [9.17, 15) is 9.59 Å². The number of carbonyl (C=O) groups excluding carboxylic acids is 2. The summed E-state index contributed by atoms with van der Waals surface area (Å²) in [6, 6.07) is 17.3. The fourth-order valence-corrected chi connectivity index (χ4v) is 2.98. The summed E-state index contributed by atoms with van der Waals surface area (Å²) in [5.74, 6) is -0.354. The summed E-state index contributed by atoms with van der Waals surface area (Å²) in [5, 5.41) is 10.8. The van der Waals surface area contributed by atoms with Crippen LogP contribution in [0.15, 0.2) is 75.8 Å². The summed E-state index contributed by atoms with van der Waals surface area (Å²) in [5.41, 5.74) is 1.81. The van der Waals surface area contributed by atoms with Crippen LogP contribution in [-0.4, -0.2) is 30.4 Å². The van der Waals surface area contributed by atoms with Crippen molar-refractivity contribution >= 4 is 35.0 Å². The Bertz CT molecular complexity index is 955. The van der Waals surface area contributed by atoms with E-state index in [4.69, 9.17) is 4.74 Å². The second-order valence-electron chi connectivity index (χ2n) is 5.55. The lowest BCUT2D eigenvalue weighted by Gasteiger charge is -2.08. The van der Waals surface area contributed by atoms with E-state index in [1.165, 1.54) is 7.11 Å². The molecule has 2 aromatic rings. The van der Waals surface area contributed by atoms with Gasteiger partial charge in [-0.3, -0.25) is 10.1 Å². The van der Waals surface area contributed by atoms with Crippen molar-refractivity contribution < 1.29 is 19.1 Å². The number of ether oxygens (including phenoxy) is 2. The van der Waals surface area contributed by atoms with Crippen molar-refractivity contribution in [1.82, 2.24) is 5.32 Å². The summed E-state index contributed by atoms with van der Waals surface area (Å²) in [7, 11) is 1.24. The molecule has 3 rings (SSSR count). The van der Waals surface area contributed by atoms with E-state index in [2.05, 4.69) is 20.3 Å². The van der Waals surface area contributed by atoms with E-state index < -0.39 is 11.9 Å². The van der Waals surface area contributed by atoms with E-state index in [1.54, 1.807) is 6.21 Å². The van der Waals surface area contributed by atoms with Crippen LogP contribution in [0.1, 0.15) is 11.1 Å². The van der Waals surface area contributed by atoms with Gasteiger partial charge in [0.05, 0.1) is 18.2 Å². The van der Waals surface area contributed by atoms with Gasteiger partial charge in [0.1, 0.15) is 12.4 Å². The number of amides is 1. The zero-order chi connectivity index (χ0) is 19.8. The van der Waals surface area contributed by atoms with Gasteiger partial charge in [0, 0.05) is 11.6 Å². The smallest absolute Gasteiger partial charge is 0.331 e. The predicted octanol–water partition coefficient (Wildman–Crippen LogP) is 2.88. The highest BCUT2D eigenvalue weighted by Crippen LogP contribution is 2.23. The predicted molar refractivity (Wildman–Crippen MR) is 108 cm³/mol. The first-order chi connectivity index (χ1) is 13.7. The van der Waals surface area contributed by atoms with Gasteiger partial charge in [0.2, 0.25) is 0 Å². The van der Waals surface area contributed by atoms with Gasteiger partial charge in [-0.05, 0) is 29.5 Å². The average Bonchev–Trinajstić information content (AvgIpc) is 3.07. The molecule has 0 unspecified atom stereocenters. The molecule has 0 spiro atoms. The first-order valence-corrected chi connectivity index (χ1v) is 9.13. The van der Waals surface area contributed by atoms with E-state index >= 15 is 0 Å². The maximum atomic E-state index is 11.8. The van der Waals surface area contributed by atoms with Gasteiger partial charge in [0.15, 0.2) is 5.17 Å². The largest absolute Gasteiger partial charge is 0.488 e. The molecule has 1 saturated heterocycles. The molecule has 1 amide bonds. The van der Waals surface area contributed by atoms with Gasteiger partial charge < -0.3 is 9.47 Å². The third-order valence-electron chi connectivity index (χ3n) is 3.60. The van der Waals surface area contributed by atoms with Crippen molar-refractivity contribution in [2.45, 2.75) is 6.61 Å². The first kappa shape index (κ1) is 19.4. The van der Waals surface area contributed by atoms with Crippen LogP contribution in [-0.2, 0) is 20.9 Å². The number of hydrogen-bond donors (Lipinski definition) is 1. The molecule has 0 aromatic heterocycles. The van der Waals surface area contributed by atoms with Crippen molar-refractivity contribution in [3.63, 3.8) is 0 Å². The number of methoxy groups -OCH3 is 1. The number of carbonyl (C=O) groups is 2. The average molecular weight is 395 g/mol. The SMILES string of the molecule is COC(=O)/C=C1\S/C(=N/N=C/c2ccccc2OCc2ccccc2)NC1=O. The first-order valence-electron chi connectivity index (χ1n) is 8.31. The van der Waals surface area contributed by atoms with Crippen LogP contribution in [0.25, 0.3) is 0 Å². The molecular weight excluding hydrogens is 378 g/mol. The van der Waals surface area contributed by atoms with E-state index in [-0.39, 0.29) is 10.1 Å². The van der Waals surface area contributed by atoms with Gasteiger partial charge in [-0.25, -0.2) is 4.79 Å². The Morgan fingerprint density at radius 2 is 1.89 bits per heavy atom. The Kier molecular flexibility index (Phi) is 6.59. The van der Waals surface area contributed by atoms with Gasteiger partial charge in [-0.15, -0.1) is 5.10 Å². The molecule has 0 atom stereocenters. The number of hydrogen-bond acceptors (Lipinski definition) is 7. The molecule has 0 saturated carbocycles. The molecule has 1 aliphatic rings. The topological polar surface area (TPSA) is 89.3 Å². The number of amidine groups is 1. The summed E-state index contributed by atoms with van der Waals surface area (Å²) in [6.45, 7) is 0.438. The maximum Gasteiger partial charge on any atom is 0.331 e. The van der Waals surface area contributed by atoms with Crippen molar-refractivity contribution in [1.29, 1.82) is 0 Å². The van der Waals surface area contributed by atoms with Crippen molar-refractivity contribution in [3.05, 3.63) is 76.7 Å². The molecule has 1 N–H and O–H groups in total. The Labute approximate surface area is 166 Å². The van der Waals surface area contributed by atoms with E-state index in [0.717, 1.165) is 29.0 Å². The molecule has 28 heavy (non-hydrogen) atoms. The van der Waals surface area contributed by atoms with E-state index in [1.807, 2.05) is 54.6 Å². The lowest BCUT2D eigenvalue weighted by molar-refractivity contribution is -0.135. The van der Waals surface area contributed by atoms with Gasteiger partial charge in [-0.1, -0.05) is 42.5 Å². The second-order valence-corrected chi connectivity index (χ2v) is 6.58. The second kappa shape index (κ2) is 9.52. The minimum Gasteiger partial charge on any atom is -0.488 e. The maximum absolute atomic E-state index is 11.8. The summed E-state index contributed by atoms with van der Waals surface area (Å²) in [4.78, 5) is 23.2. The van der Waals surface area contributed by atoms with Gasteiger partial charge in [-0.2, -0.15) is 5.10 Å². The van der Waals surface area contributed by atoms with Gasteiger partial charge >= 0.3 is 5.97 Å². The van der Waals surface area contributed by atoms with Crippen LogP contribution >= 0.6 is 11.8 Å². The number of rotatable bonds is 6. The number of nitrogens with one attached hydrogen (secondary N) is 1. The molecule has 8 heteroatoms. The molecule has 142 valence electrons. The summed E-state index contributed by atoms with van der Waals surface area (Å²) in [6.07, 6.45) is 2.65. The van der Waals surface area contributed by atoms with Crippen LogP contribution in [0, 0.1) is 0 Å². The van der Waals surface area contributed by atoms with Crippen molar-refractivity contribution in [3.8, 4) is 5.75 Å². The van der Waals surface area contributed by atoms with Crippen LogP contribution in [0.3, 0.4) is 0 Å². The highest BCUT2D eigenvalue weighted by Gasteiger charge is 2.24. The fourth-order valence-electron chi connectivity index (χ4n) is 2.24. The molecule has 1 fully saturated rings.